The molecule has 4 N–H and O–H groups in total. The quantitative estimate of drug-likeness (QED) is 0.301. The average molecular weight is 227 g/mol. The van der Waals surface area contributed by atoms with Gasteiger partial charge in [0.05, 0.1) is 19.5 Å². The molecule has 0 bridgehead atoms. The van der Waals surface area contributed by atoms with Gasteiger partial charge in [0.2, 0.25) is 0 Å². The number of nitrogens with zero attached hydrogens (tertiary/aromatic N) is 1. The maximum Gasteiger partial charge on any atom is 0.322 e. The summed E-state index contributed by atoms with van der Waals surface area (Å²) in [6.45, 7) is 4.31. The van der Waals surface area contributed by atoms with Gasteiger partial charge in [-0.1, -0.05) is 11.6 Å². The van der Waals surface area contributed by atoms with E-state index >= 15 is 0 Å². The Hall–Kier alpha value is -1.36. The maximum absolute atomic E-state index is 11.0. The Labute approximate surface area is 96.5 Å². The highest BCUT2D eigenvalue weighted by Gasteiger charge is 2.11. The lowest BCUT2D eigenvalue weighted by Gasteiger charge is -2.07. The zero-order chi connectivity index (χ0) is 12.6. The minimum atomic E-state index is -0.547. The molecule has 0 aliphatic rings. The molecule has 1 atom stereocenters. The molecule has 5 heteroatoms. The lowest BCUT2D eigenvalue weighted by atomic mass is 10.1. The first-order valence-corrected chi connectivity index (χ1v) is 5.23. The first-order valence-electron chi connectivity index (χ1n) is 5.23. The predicted octanol–water partition coefficient (Wildman–Crippen LogP) is 0.590. The van der Waals surface area contributed by atoms with Gasteiger partial charge in [0.1, 0.15) is 6.04 Å². The fourth-order valence-corrected chi connectivity index (χ4v) is 1.09. The van der Waals surface area contributed by atoms with E-state index in [1.165, 1.54) is 7.11 Å². The van der Waals surface area contributed by atoms with Crippen molar-refractivity contribution in [1.29, 1.82) is 0 Å². The molecule has 0 radical (unpaired) electrons. The third-order valence-corrected chi connectivity index (χ3v) is 2.05. The summed E-state index contributed by atoms with van der Waals surface area (Å²) in [7, 11) is 1.34. The molecule has 0 aliphatic heterocycles. The lowest BCUT2D eigenvalue weighted by molar-refractivity contribution is -0.142. The molecular formula is C11H21N3O2. The highest BCUT2D eigenvalue weighted by Crippen LogP contribution is 2.02. The molecule has 0 heterocycles. The van der Waals surface area contributed by atoms with Gasteiger partial charge in [-0.15, -0.1) is 0 Å². The molecule has 0 aromatic carbocycles. The summed E-state index contributed by atoms with van der Waals surface area (Å²) in [5.41, 5.74) is 12.1. The maximum atomic E-state index is 11.0. The Morgan fingerprint density at radius 1 is 1.50 bits per heavy atom. The van der Waals surface area contributed by atoms with E-state index in [9.17, 15) is 4.79 Å². The van der Waals surface area contributed by atoms with Crippen LogP contribution in [0.5, 0.6) is 0 Å². The summed E-state index contributed by atoms with van der Waals surface area (Å²) in [4.78, 5) is 15.1. The molecule has 0 fully saturated rings. The number of allylic oxidation sites excluding steroid dienone is 1. The molecular weight excluding hydrogens is 206 g/mol. The van der Waals surface area contributed by atoms with Crippen LogP contribution in [0.4, 0.5) is 0 Å². The van der Waals surface area contributed by atoms with Crippen LogP contribution in [0, 0.1) is 0 Å². The molecule has 0 rings (SSSR count). The predicted molar refractivity (Wildman–Crippen MR) is 65.1 cm³/mol. The molecule has 0 saturated heterocycles. The third kappa shape index (κ3) is 7.00. The van der Waals surface area contributed by atoms with Gasteiger partial charge in [-0.05, 0) is 26.7 Å². The number of methoxy groups -OCH3 is 1. The molecule has 5 nitrogen and oxygen atoms in total. The number of esters is 1. The Kier molecular flexibility index (Phi) is 7.20. The molecule has 0 aromatic rings. The van der Waals surface area contributed by atoms with Crippen molar-refractivity contribution in [2.45, 2.75) is 32.7 Å². The van der Waals surface area contributed by atoms with Crippen LogP contribution in [-0.4, -0.2) is 31.5 Å². The molecule has 0 unspecified atom stereocenters. The Balaban J connectivity index is 3.91. The van der Waals surface area contributed by atoms with Crippen molar-refractivity contribution in [3.05, 3.63) is 11.6 Å². The molecule has 0 aliphatic carbocycles. The number of carbonyl (C=O) groups excluding carboxylic acids is 1. The van der Waals surface area contributed by atoms with Crippen LogP contribution in [0.2, 0.25) is 0 Å². The first-order chi connectivity index (χ1) is 7.47. The van der Waals surface area contributed by atoms with Crippen molar-refractivity contribution < 1.29 is 9.53 Å². The van der Waals surface area contributed by atoms with Crippen LogP contribution in [0.25, 0.3) is 0 Å². The van der Waals surface area contributed by atoms with Gasteiger partial charge in [0, 0.05) is 0 Å². The molecule has 16 heavy (non-hydrogen) atoms. The highest BCUT2D eigenvalue weighted by molar-refractivity contribution is 5.77. The second-order valence-electron chi connectivity index (χ2n) is 3.72. The van der Waals surface area contributed by atoms with Crippen LogP contribution in [0.3, 0.4) is 0 Å². The zero-order valence-corrected chi connectivity index (χ0v) is 10.2. The molecule has 0 aromatic heterocycles. The van der Waals surface area contributed by atoms with Gasteiger partial charge >= 0.3 is 5.97 Å². The van der Waals surface area contributed by atoms with Gasteiger partial charge < -0.3 is 16.2 Å². The van der Waals surface area contributed by atoms with Crippen LogP contribution in [-0.2, 0) is 9.53 Å². The second kappa shape index (κ2) is 7.87. The normalized spacial score (nSPS) is 14.8. The molecule has 0 saturated carbocycles. The van der Waals surface area contributed by atoms with Crippen LogP contribution in [0.1, 0.15) is 26.7 Å². The van der Waals surface area contributed by atoms with Crippen LogP contribution in [0.15, 0.2) is 16.6 Å². The van der Waals surface area contributed by atoms with Crippen molar-refractivity contribution in [1.82, 2.24) is 0 Å². The number of hydrogen-bond donors (Lipinski definition) is 2. The highest BCUT2D eigenvalue weighted by atomic mass is 16.5. The van der Waals surface area contributed by atoms with Gasteiger partial charge in [-0.2, -0.15) is 0 Å². The number of nitrogens with two attached hydrogens (primary N) is 2. The van der Waals surface area contributed by atoms with E-state index < -0.39 is 6.04 Å². The number of carbonyl (C=O) groups is 1. The largest absolute Gasteiger partial charge is 0.468 e. The van der Waals surface area contributed by atoms with E-state index in [2.05, 4.69) is 9.73 Å². The van der Waals surface area contributed by atoms with Gasteiger partial charge in [-0.3, -0.25) is 9.79 Å². The topological polar surface area (TPSA) is 90.7 Å². The fourth-order valence-electron chi connectivity index (χ4n) is 1.09. The summed E-state index contributed by atoms with van der Waals surface area (Å²) in [5, 5.41) is 0. The summed E-state index contributed by atoms with van der Waals surface area (Å²) in [6.07, 6.45) is 3.33. The van der Waals surface area contributed by atoms with Crippen LogP contribution >= 0.6 is 0 Å². The van der Waals surface area contributed by atoms with Gasteiger partial charge in [0.25, 0.3) is 0 Å². The van der Waals surface area contributed by atoms with Gasteiger partial charge in [-0.25, -0.2) is 0 Å². The van der Waals surface area contributed by atoms with E-state index in [-0.39, 0.29) is 5.97 Å². The van der Waals surface area contributed by atoms with Crippen molar-refractivity contribution in [2.24, 2.45) is 16.5 Å². The Morgan fingerprint density at radius 2 is 2.12 bits per heavy atom. The van der Waals surface area contributed by atoms with Crippen molar-refractivity contribution >= 4 is 11.8 Å². The average Bonchev–Trinajstić information content (AvgIpc) is 2.24. The first kappa shape index (κ1) is 14.6. The van der Waals surface area contributed by atoms with Crippen LogP contribution < -0.4 is 11.5 Å². The van der Waals surface area contributed by atoms with E-state index in [0.29, 0.717) is 18.8 Å². The Morgan fingerprint density at radius 3 is 2.62 bits per heavy atom. The van der Waals surface area contributed by atoms with E-state index in [0.717, 1.165) is 12.0 Å². The molecule has 0 spiro atoms. The fraction of sp³-hybridized carbons (Fsp3) is 0.636. The smallest absolute Gasteiger partial charge is 0.322 e. The number of rotatable bonds is 6. The second-order valence-corrected chi connectivity index (χ2v) is 3.72. The number of aliphatic imine (C=N–C) groups is 1. The number of amidine groups is 1. The summed E-state index contributed by atoms with van der Waals surface area (Å²) >= 11 is 0. The monoisotopic (exact) mass is 227 g/mol. The van der Waals surface area contributed by atoms with Crippen molar-refractivity contribution in [3.63, 3.8) is 0 Å². The number of hydrogen-bond acceptors (Lipinski definition) is 4. The lowest BCUT2D eigenvalue weighted by Crippen LogP contribution is -2.31. The molecule has 0 amide bonds. The van der Waals surface area contributed by atoms with Gasteiger partial charge in [0.15, 0.2) is 0 Å². The SMILES string of the molecule is COC(=O)[C@@H](N)CC/C=C(/C)CN=C(C)N. The summed E-state index contributed by atoms with van der Waals surface area (Å²) < 4.78 is 4.53. The van der Waals surface area contributed by atoms with Crippen molar-refractivity contribution in [2.75, 3.05) is 13.7 Å². The zero-order valence-electron chi connectivity index (χ0n) is 10.2. The summed E-state index contributed by atoms with van der Waals surface area (Å²) in [5.74, 6) is 0.195. The number of ether oxygens (including phenoxy) is 1. The standard InChI is InChI=1S/C11H21N3O2/c1-8(7-14-9(2)12)5-4-6-10(13)11(15)16-3/h5,10H,4,6-7,13H2,1-3H3,(H2,12,14)/b8-5-/t10-/m0/s1. The van der Waals surface area contributed by atoms with E-state index in [1.807, 2.05) is 13.0 Å². The minimum absolute atomic E-state index is 0.373. The Bertz CT molecular complexity index is 281. The molecule has 92 valence electrons. The van der Waals surface area contributed by atoms with Crippen molar-refractivity contribution in [3.8, 4) is 0 Å². The van der Waals surface area contributed by atoms with E-state index in [1.54, 1.807) is 6.92 Å². The third-order valence-electron chi connectivity index (χ3n) is 2.05. The minimum Gasteiger partial charge on any atom is -0.468 e. The summed E-state index contributed by atoms with van der Waals surface area (Å²) in [6, 6.07) is -0.547. The van der Waals surface area contributed by atoms with E-state index in [4.69, 9.17) is 11.5 Å².